The van der Waals surface area contributed by atoms with E-state index in [1.54, 1.807) is 0 Å². The number of allylic oxidation sites excluding steroid dienone is 1. The highest BCUT2D eigenvalue weighted by Gasteiger charge is 2.04. The van der Waals surface area contributed by atoms with E-state index in [9.17, 15) is 0 Å². The molecule has 0 radical (unpaired) electrons. The van der Waals surface area contributed by atoms with Crippen molar-refractivity contribution in [1.82, 2.24) is 0 Å². The van der Waals surface area contributed by atoms with Gasteiger partial charge in [0.15, 0.2) is 0 Å². The lowest BCUT2D eigenvalue weighted by Crippen LogP contribution is -3.00. The van der Waals surface area contributed by atoms with Crippen LogP contribution in [-0.2, 0) is 0 Å². The first-order valence-corrected chi connectivity index (χ1v) is 6.47. The molecule has 2 heteroatoms. The van der Waals surface area contributed by atoms with Crippen molar-refractivity contribution in [1.29, 1.82) is 0 Å². The summed E-state index contributed by atoms with van der Waals surface area (Å²) in [6.07, 6.45) is 13.0. The van der Waals surface area contributed by atoms with Crippen LogP contribution in [0.4, 0.5) is 0 Å². The van der Waals surface area contributed by atoms with Crippen LogP contribution in [-0.4, -0.2) is 32.2 Å². The van der Waals surface area contributed by atoms with E-state index in [0.29, 0.717) is 0 Å². The van der Waals surface area contributed by atoms with Gasteiger partial charge in [0, 0.05) is 0 Å². The van der Waals surface area contributed by atoms with Gasteiger partial charge in [-0.1, -0.05) is 31.8 Å². The summed E-state index contributed by atoms with van der Waals surface area (Å²) in [5.74, 6) is 0. The molecule has 16 heavy (non-hydrogen) atoms. The van der Waals surface area contributed by atoms with Gasteiger partial charge >= 0.3 is 0 Å². The van der Waals surface area contributed by atoms with Gasteiger partial charge < -0.3 is 21.5 Å². The molecule has 0 heterocycles. The fourth-order valence-electron chi connectivity index (χ4n) is 1.76. The summed E-state index contributed by atoms with van der Waals surface area (Å²) in [5, 5.41) is 0. The minimum absolute atomic E-state index is 0. The van der Waals surface area contributed by atoms with Gasteiger partial charge in [-0.05, 0) is 25.7 Å². The summed E-state index contributed by atoms with van der Waals surface area (Å²) in [5.41, 5.74) is 0. The lowest BCUT2D eigenvalue weighted by Gasteiger charge is -2.23. The highest BCUT2D eigenvalue weighted by Crippen LogP contribution is 2.09. The van der Waals surface area contributed by atoms with Crippen molar-refractivity contribution in [2.75, 3.05) is 27.7 Å². The van der Waals surface area contributed by atoms with E-state index < -0.39 is 0 Å². The van der Waals surface area contributed by atoms with Gasteiger partial charge in [0.2, 0.25) is 0 Å². The largest absolute Gasteiger partial charge is 1.00 e. The van der Waals surface area contributed by atoms with Gasteiger partial charge in [-0.2, -0.15) is 0 Å². The van der Waals surface area contributed by atoms with Crippen molar-refractivity contribution in [3.8, 4) is 0 Å². The monoisotopic (exact) mass is 291 g/mol. The smallest absolute Gasteiger partial charge is 0.0780 e. The van der Waals surface area contributed by atoms with E-state index in [4.69, 9.17) is 0 Å². The zero-order valence-corrected chi connectivity index (χ0v) is 13.1. The Morgan fingerprint density at radius 3 is 1.69 bits per heavy atom. The van der Waals surface area contributed by atoms with Crippen molar-refractivity contribution in [3.05, 3.63) is 12.7 Å². The molecule has 0 saturated carbocycles. The molecule has 0 N–H and O–H groups in total. The molecule has 0 aromatic carbocycles. The molecular weight excluding hydrogens is 262 g/mol. The van der Waals surface area contributed by atoms with Gasteiger partial charge in [-0.25, -0.2) is 0 Å². The van der Waals surface area contributed by atoms with Gasteiger partial charge in [-0.3, -0.25) is 0 Å². The highest BCUT2D eigenvalue weighted by atomic mass is 79.9. The summed E-state index contributed by atoms with van der Waals surface area (Å²) in [6.45, 7) is 5.06. The molecule has 98 valence electrons. The quantitative estimate of drug-likeness (QED) is 0.320. The third-order valence-corrected chi connectivity index (χ3v) is 2.74. The maximum absolute atomic E-state index is 3.74. The van der Waals surface area contributed by atoms with Gasteiger partial charge in [0.1, 0.15) is 0 Å². The van der Waals surface area contributed by atoms with Crippen LogP contribution in [0.1, 0.15) is 51.4 Å². The third-order valence-electron chi connectivity index (χ3n) is 2.74. The third kappa shape index (κ3) is 16.6. The van der Waals surface area contributed by atoms with E-state index in [0.717, 1.165) is 4.48 Å². The summed E-state index contributed by atoms with van der Waals surface area (Å²) in [6, 6.07) is 0. The van der Waals surface area contributed by atoms with Crippen LogP contribution in [0, 0.1) is 0 Å². The van der Waals surface area contributed by atoms with Gasteiger partial charge in [0.05, 0.1) is 27.7 Å². The Bertz CT molecular complexity index is 149. The Labute approximate surface area is 113 Å². The van der Waals surface area contributed by atoms with Gasteiger partial charge in [-0.15, -0.1) is 6.58 Å². The number of nitrogens with zero attached hydrogens (tertiary/aromatic N) is 1. The number of halogens is 1. The Kier molecular flexibility index (Phi) is 13.5. The molecular formula is C14H30BrN. The molecule has 0 aliphatic rings. The molecule has 0 atom stereocenters. The fraction of sp³-hybridized carbons (Fsp3) is 0.857. The second-order valence-electron chi connectivity index (χ2n) is 5.57. The second-order valence-corrected chi connectivity index (χ2v) is 5.57. The Morgan fingerprint density at radius 1 is 0.812 bits per heavy atom. The minimum Gasteiger partial charge on any atom is -1.00 e. The number of quaternary nitrogens is 1. The van der Waals surface area contributed by atoms with Crippen molar-refractivity contribution < 1.29 is 21.5 Å². The van der Waals surface area contributed by atoms with E-state index in [1.807, 2.05) is 6.08 Å². The molecule has 1 nitrogen and oxygen atoms in total. The molecule has 0 aromatic heterocycles. The lowest BCUT2D eigenvalue weighted by molar-refractivity contribution is -0.870. The molecule has 0 rings (SSSR count). The molecule has 0 spiro atoms. The van der Waals surface area contributed by atoms with E-state index in [2.05, 4.69) is 27.7 Å². The summed E-state index contributed by atoms with van der Waals surface area (Å²) in [7, 11) is 6.82. The van der Waals surface area contributed by atoms with Crippen LogP contribution in [0.15, 0.2) is 12.7 Å². The topological polar surface area (TPSA) is 0 Å². The molecule has 0 aliphatic carbocycles. The van der Waals surface area contributed by atoms with Crippen molar-refractivity contribution in [3.63, 3.8) is 0 Å². The maximum Gasteiger partial charge on any atom is 0.0780 e. The lowest BCUT2D eigenvalue weighted by atomic mass is 10.1. The van der Waals surface area contributed by atoms with Crippen LogP contribution in [0.5, 0.6) is 0 Å². The summed E-state index contributed by atoms with van der Waals surface area (Å²) < 4.78 is 1.11. The van der Waals surface area contributed by atoms with E-state index in [-0.39, 0.29) is 17.0 Å². The SMILES string of the molecule is C=CCCCCCCCCC[N+](C)(C)C.[Br-]. The maximum atomic E-state index is 3.74. The normalized spacial score (nSPS) is 10.9. The number of rotatable bonds is 10. The van der Waals surface area contributed by atoms with Crippen molar-refractivity contribution >= 4 is 0 Å². The average Bonchev–Trinajstić information content (AvgIpc) is 2.14. The zero-order valence-electron chi connectivity index (χ0n) is 11.5. The van der Waals surface area contributed by atoms with Crippen LogP contribution < -0.4 is 17.0 Å². The van der Waals surface area contributed by atoms with Crippen LogP contribution in [0.3, 0.4) is 0 Å². The molecule has 0 fully saturated rings. The first-order valence-electron chi connectivity index (χ1n) is 6.47. The average molecular weight is 292 g/mol. The van der Waals surface area contributed by atoms with Gasteiger partial charge in [0.25, 0.3) is 0 Å². The van der Waals surface area contributed by atoms with Crippen LogP contribution in [0.25, 0.3) is 0 Å². The molecule has 0 unspecified atom stereocenters. The molecule has 0 aromatic rings. The highest BCUT2D eigenvalue weighted by molar-refractivity contribution is 4.65. The predicted molar refractivity (Wildman–Crippen MR) is 70.0 cm³/mol. The predicted octanol–water partition coefficient (Wildman–Crippen LogP) is 1.00. The summed E-state index contributed by atoms with van der Waals surface area (Å²) >= 11 is 0. The Hall–Kier alpha value is 0.180. The standard InChI is InChI=1S/C14H30N.BrH/c1-5-6-7-8-9-10-11-12-13-14-15(2,3)4;/h5H,1,6-14H2,2-4H3;1H/q+1;/p-1. The second kappa shape index (κ2) is 11.7. The van der Waals surface area contributed by atoms with Crippen LogP contribution in [0.2, 0.25) is 0 Å². The fourth-order valence-corrected chi connectivity index (χ4v) is 1.76. The Morgan fingerprint density at radius 2 is 1.25 bits per heavy atom. The van der Waals surface area contributed by atoms with Crippen molar-refractivity contribution in [2.45, 2.75) is 51.4 Å². The van der Waals surface area contributed by atoms with E-state index >= 15 is 0 Å². The van der Waals surface area contributed by atoms with Crippen LogP contribution >= 0.6 is 0 Å². The first-order chi connectivity index (χ1) is 7.06. The Balaban J connectivity index is 0. The molecule has 0 bridgehead atoms. The van der Waals surface area contributed by atoms with Crippen molar-refractivity contribution in [2.24, 2.45) is 0 Å². The number of hydrogen-bond donors (Lipinski definition) is 0. The summed E-state index contributed by atoms with van der Waals surface area (Å²) in [4.78, 5) is 0. The molecule has 0 amide bonds. The van der Waals surface area contributed by atoms with E-state index in [1.165, 1.54) is 57.9 Å². The minimum atomic E-state index is 0. The number of hydrogen-bond acceptors (Lipinski definition) is 0. The number of unbranched alkanes of at least 4 members (excludes halogenated alkanes) is 7. The first kappa shape index (κ1) is 18.5. The molecule has 0 saturated heterocycles. The zero-order chi connectivity index (χ0) is 11.6. The molecule has 0 aliphatic heterocycles.